The molecule has 3 aromatic rings. The average Bonchev–Trinajstić information content (AvgIpc) is 2.73. The molecule has 0 aromatic heterocycles. The molecule has 0 fully saturated rings. The SMILES string of the molecule is CC(C)N1C(=O)c2ccccc2NC1(C)c1cccc(OCc2ccccc2)c1. The molecule has 1 unspecified atom stereocenters. The second-order valence-corrected chi connectivity index (χ2v) is 7.81. The molecule has 1 aliphatic rings. The highest BCUT2D eigenvalue weighted by Crippen LogP contribution is 2.39. The Bertz CT molecular complexity index is 1020. The van der Waals surface area contributed by atoms with Gasteiger partial charge in [-0.25, -0.2) is 0 Å². The normalized spacial score (nSPS) is 18.3. The Balaban J connectivity index is 1.68. The number of amides is 1. The summed E-state index contributed by atoms with van der Waals surface area (Å²) < 4.78 is 6.03. The van der Waals surface area contributed by atoms with Crippen LogP contribution >= 0.6 is 0 Å². The molecular weight excluding hydrogens is 360 g/mol. The van der Waals surface area contributed by atoms with Gasteiger partial charge in [-0.15, -0.1) is 0 Å². The molecule has 4 nitrogen and oxygen atoms in total. The van der Waals surface area contributed by atoms with Gasteiger partial charge >= 0.3 is 0 Å². The monoisotopic (exact) mass is 386 g/mol. The second-order valence-electron chi connectivity index (χ2n) is 7.81. The van der Waals surface area contributed by atoms with E-state index in [1.54, 1.807) is 0 Å². The van der Waals surface area contributed by atoms with Crippen molar-refractivity contribution in [2.24, 2.45) is 0 Å². The molecule has 0 bridgehead atoms. The van der Waals surface area contributed by atoms with E-state index >= 15 is 0 Å². The Kier molecular flexibility index (Phi) is 5.01. The number of hydrogen-bond donors (Lipinski definition) is 1. The maximum atomic E-state index is 13.3. The molecule has 1 N–H and O–H groups in total. The first-order valence-electron chi connectivity index (χ1n) is 9.97. The summed E-state index contributed by atoms with van der Waals surface area (Å²) in [5.74, 6) is 0.817. The van der Waals surface area contributed by atoms with Crippen molar-refractivity contribution in [3.63, 3.8) is 0 Å². The molecule has 1 atom stereocenters. The zero-order valence-electron chi connectivity index (χ0n) is 17.1. The number of para-hydroxylation sites is 1. The fourth-order valence-electron chi connectivity index (χ4n) is 4.03. The van der Waals surface area contributed by atoms with E-state index in [1.165, 1.54) is 0 Å². The van der Waals surface area contributed by atoms with Crippen molar-refractivity contribution < 1.29 is 9.53 Å². The van der Waals surface area contributed by atoms with E-state index < -0.39 is 5.66 Å². The van der Waals surface area contributed by atoms with Crippen LogP contribution in [0.1, 0.15) is 42.3 Å². The lowest BCUT2D eigenvalue weighted by atomic mass is 9.92. The van der Waals surface area contributed by atoms with Gasteiger partial charge in [0.25, 0.3) is 5.91 Å². The number of hydrogen-bond acceptors (Lipinski definition) is 3. The van der Waals surface area contributed by atoms with E-state index in [2.05, 4.69) is 12.2 Å². The molecule has 3 aromatic carbocycles. The maximum Gasteiger partial charge on any atom is 0.258 e. The average molecular weight is 386 g/mol. The number of benzene rings is 3. The van der Waals surface area contributed by atoms with Gasteiger partial charge in [0.05, 0.1) is 5.56 Å². The molecule has 1 heterocycles. The van der Waals surface area contributed by atoms with Crippen LogP contribution in [0.15, 0.2) is 78.9 Å². The Morgan fingerprint density at radius 2 is 1.69 bits per heavy atom. The van der Waals surface area contributed by atoms with Gasteiger partial charge in [-0.2, -0.15) is 0 Å². The van der Waals surface area contributed by atoms with Crippen molar-refractivity contribution in [2.45, 2.75) is 39.1 Å². The lowest BCUT2D eigenvalue weighted by molar-refractivity contribution is 0.0433. The molecule has 0 saturated heterocycles. The van der Waals surface area contributed by atoms with Crippen LogP contribution in [0.2, 0.25) is 0 Å². The molecule has 0 aliphatic carbocycles. The van der Waals surface area contributed by atoms with Crippen molar-refractivity contribution in [3.8, 4) is 5.75 Å². The minimum Gasteiger partial charge on any atom is -0.489 e. The highest BCUT2D eigenvalue weighted by atomic mass is 16.5. The Morgan fingerprint density at radius 1 is 0.966 bits per heavy atom. The lowest BCUT2D eigenvalue weighted by Crippen LogP contribution is -2.58. The molecule has 0 saturated carbocycles. The number of ether oxygens (including phenoxy) is 1. The molecular formula is C25H26N2O2. The van der Waals surface area contributed by atoms with E-state index in [-0.39, 0.29) is 11.9 Å². The molecule has 0 spiro atoms. The van der Waals surface area contributed by atoms with E-state index in [1.807, 2.05) is 97.6 Å². The Labute approximate surface area is 172 Å². The van der Waals surface area contributed by atoms with E-state index in [0.717, 1.165) is 22.6 Å². The highest BCUT2D eigenvalue weighted by molar-refractivity contribution is 6.02. The number of rotatable bonds is 5. The Morgan fingerprint density at radius 3 is 2.45 bits per heavy atom. The maximum absolute atomic E-state index is 13.3. The number of fused-ring (bicyclic) bond motifs is 1. The van der Waals surface area contributed by atoms with Crippen molar-refractivity contribution >= 4 is 11.6 Å². The van der Waals surface area contributed by atoms with Crippen LogP contribution in [-0.2, 0) is 12.3 Å². The summed E-state index contributed by atoms with van der Waals surface area (Å²) >= 11 is 0. The molecule has 148 valence electrons. The predicted molar refractivity (Wildman–Crippen MR) is 116 cm³/mol. The molecule has 1 aliphatic heterocycles. The molecule has 29 heavy (non-hydrogen) atoms. The second kappa shape index (κ2) is 7.63. The zero-order chi connectivity index (χ0) is 20.4. The van der Waals surface area contributed by atoms with E-state index in [9.17, 15) is 4.79 Å². The number of nitrogens with zero attached hydrogens (tertiary/aromatic N) is 1. The summed E-state index contributed by atoms with van der Waals surface area (Å²) in [4.78, 5) is 15.2. The van der Waals surface area contributed by atoms with Gasteiger partial charge < -0.3 is 15.0 Å². The minimum atomic E-state index is -0.675. The first-order chi connectivity index (χ1) is 14.0. The topological polar surface area (TPSA) is 41.6 Å². The van der Waals surface area contributed by atoms with Gasteiger partial charge in [0.15, 0.2) is 0 Å². The van der Waals surface area contributed by atoms with Crippen LogP contribution in [-0.4, -0.2) is 16.8 Å². The van der Waals surface area contributed by atoms with Crippen molar-refractivity contribution in [3.05, 3.63) is 95.6 Å². The summed E-state index contributed by atoms with van der Waals surface area (Å²) in [6.45, 7) is 6.64. The molecule has 4 rings (SSSR count). The van der Waals surface area contributed by atoms with E-state index in [4.69, 9.17) is 4.74 Å². The third-order valence-electron chi connectivity index (χ3n) is 5.40. The molecule has 0 radical (unpaired) electrons. The smallest absolute Gasteiger partial charge is 0.258 e. The summed E-state index contributed by atoms with van der Waals surface area (Å²) in [6.07, 6.45) is 0. The van der Waals surface area contributed by atoms with Gasteiger partial charge in [-0.1, -0.05) is 54.6 Å². The van der Waals surface area contributed by atoms with Crippen molar-refractivity contribution in [2.75, 3.05) is 5.32 Å². The van der Waals surface area contributed by atoms with Crippen LogP contribution in [0, 0.1) is 0 Å². The number of carbonyl (C=O) groups is 1. The fourth-order valence-corrected chi connectivity index (χ4v) is 4.03. The predicted octanol–water partition coefficient (Wildman–Crippen LogP) is 5.41. The van der Waals surface area contributed by atoms with Gasteiger partial charge in [0, 0.05) is 17.3 Å². The highest BCUT2D eigenvalue weighted by Gasteiger charge is 2.43. The van der Waals surface area contributed by atoms with Crippen LogP contribution in [0.5, 0.6) is 5.75 Å². The van der Waals surface area contributed by atoms with Crippen LogP contribution in [0.25, 0.3) is 0 Å². The van der Waals surface area contributed by atoms with Crippen LogP contribution in [0.4, 0.5) is 5.69 Å². The largest absolute Gasteiger partial charge is 0.489 e. The van der Waals surface area contributed by atoms with Gasteiger partial charge in [0.2, 0.25) is 0 Å². The van der Waals surface area contributed by atoms with Gasteiger partial charge in [-0.05, 0) is 50.6 Å². The van der Waals surface area contributed by atoms with Gasteiger partial charge in [-0.3, -0.25) is 4.79 Å². The molecule has 4 heteroatoms. The van der Waals surface area contributed by atoms with Crippen molar-refractivity contribution in [1.29, 1.82) is 0 Å². The molecule has 1 amide bonds. The summed E-state index contributed by atoms with van der Waals surface area (Å²) in [6, 6.07) is 25.8. The quantitative estimate of drug-likeness (QED) is 0.637. The van der Waals surface area contributed by atoms with Crippen molar-refractivity contribution in [1.82, 2.24) is 4.90 Å². The third-order valence-corrected chi connectivity index (χ3v) is 5.40. The standard InChI is InChI=1S/C25H26N2O2/c1-18(2)27-24(28)22-14-7-8-15-23(22)26-25(27,3)20-12-9-13-21(16-20)29-17-19-10-5-4-6-11-19/h4-16,18,26H,17H2,1-3H3. The third kappa shape index (κ3) is 3.58. The first-order valence-corrected chi connectivity index (χ1v) is 9.97. The summed E-state index contributed by atoms with van der Waals surface area (Å²) in [5.41, 5.74) is 2.99. The minimum absolute atomic E-state index is 0.0299. The van der Waals surface area contributed by atoms with Crippen LogP contribution < -0.4 is 10.1 Å². The summed E-state index contributed by atoms with van der Waals surface area (Å²) in [7, 11) is 0. The summed E-state index contributed by atoms with van der Waals surface area (Å²) in [5, 5.41) is 3.60. The lowest BCUT2D eigenvalue weighted by Gasteiger charge is -2.48. The zero-order valence-corrected chi connectivity index (χ0v) is 17.1. The van der Waals surface area contributed by atoms with Gasteiger partial charge in [0.1, 0.15) is 18.0 Å². The number of nitrogens with one attached hydrogen (secondary N) is 1. The van der Waals surface area contributed by atoms with E-state index in [0.29, 0.717) is 12.2 Å². The number of anilines is 1. The first kappa shape index (κ1) is 19.1. The van der Waals surface area contributed by atoms with Crippen LogP contribution in [0.3, 0.4) is 0 Å². The fraction of sp³-hybridized carbons (Fsp3) is 0.240. The number of carbonyl (C=O) groups excluding carboxylic acids is 1. The Hall–Kier alpha value is -3.27.